The van der Waals surface area contributed by atoms with Crippen molar-refractivity contribution in [2.24, 2.45) is 5.73 Å². The highest BCUT2D eigenvalue weighted by atomic mass is 79.9. The van der Waals surface area contributed by atoms with Crippen LogP contribution in [0.15, 0.2) is 16.6 Å². The molecule has 1 saturated carbocycles. The van der Waals surface area contributed by atoms with E-state index in [1.54, 1.807) is 0 Å². The van der Waals surface area contributed by atoms with Crippen LogP contribution in [0.1, 0.15) is 24.8 Å². The number of halogens is 3. The normalized spacial score (nSPS) is 19.1. The van der Waals surface area contributed by atoms with Crippen LogP contribution < -0.4 is 5.73 Å². The van der Waals surface area contributed by atoms with Gasteiger partial charge < -0.3 is 5.73 Å². The first-order chi connectivity index (χ1) is 6.54. The summed E-state index contributed by atoms with van der Waals surface area (Å²) in [6.07, 6.45) is 2.54. The van der Waals surface area contributed by atoms with Gasteiger partial charge in [-0.2, -0.15) is 0 Å². The van der Waals surface area contributed by atoms with Crippen LogP contribution in [0.25, 0.3) is 0 Å². The first-order valence-electron chi connectivity index (χ1n) is 4.47. The molecule has 0 bridgehead atoms. The SMILES string of the molecule is NC1(c2ccc(F)c(Br)c2F)CCC1. The second-order valence-electron chi connectivity index (χ2n) is 3.73. The van der Waals surface area contributed by atoms with Gasteiger partial charge in [0.25, 0.3) is 0 Å². The lowest BCUT2D eigenvalue weighted by atomic mass is 9.72. The highest BCUT2D eigenvalue weighted by Crippen LogP contribution is 2.41. The summed E-state index contributed by atoms with van der Waals surface area (Å²) in [6.45, 7) is 0. The summed E-state index contributed by atoms with van der Waals surface area (Å²) in [5, 5.41) is 0. The Labute approximate surface area is 89.4 Å². The van der Waals surface area contributed by atoms with Crippen molar-refractivity contribution in [2.75, 3.05) is 0 Å². The Morgan fingerprint density at radius 2 is 1.93 bits per heavy atom. The summed E-state index contributed by atoms with van der Waals surface area (Å²) < 4.78 is 26.4. The number of benzene rings is 1. The molecule has 2 rings (SSSR count). The molecule has 0 spiro atoms. The Kier molecular flexibility index (Phi) is 2.35. The molecule has 1 aliphatic carbocycles. The molecule has 0 atom stereocenters. The number of nitrogens with two attached hydrogens (primary N) is 1. The molecule has 1 aromatic rings. The van der Waals surface area contributed by atoms with Crippen molar-refractivity contribution in [3.8, 4) is 0 Å². The molecule has 14 heavy (non-hydrogen) atoms. The summed E-state index contributed by atoms with van der Waals surface area (Å²) in [7, 11) is 0. The van der Waals surface area contributed by atoms with Crippen molar-refractivity contribution < 1.29 is 8.78 Å². The minimum Gasteiger partial charge on any atom is -0.321 e. The number of hydrogen-bond acceptors (Lipinski definition) is 1. The number of rotatable bonds is 1. The molecular weight excluding hydrogens is 252 g/mol. The third-order valence-corrected chi connectivity index (χ3v) is 3.54. The third-order valence-electron chi connectivity index (χ3n) is 2.82. The van der Waals surface area contributed by atoms with Crippen LogP contribution in [0.4, 0.5) is 8.78 Å². The van der Waals surface area contributed by atoms with Gasteiger partial charge >= 0.3 is 0 Å². The Bertz CT molecular complexity index is 375. The summed E-state index contributed by atoms with van der Waals surface area (Å²) in [5.41, 5.74) is 5.79. The van der Waals surface area contributed by atoms with E-state index in [0.29, 0.717) is 5.56 Å². The van der Waals surface area contributed by atoms with Crippen LogP contribution in [-0.2, 0) is 5.54 Å². The van der Waals surface area contributed by atoms with Gasteiger partial charge in [0, 0.05) is 11.1 Å². The highest BCUT2D eigenvalue weighted by molar-refractivity contribution is 9.10. The summed E-state index contributed by atoms with van der Waals surface area (Å²) >= 11 is 2.87. The second-order valence-corrected chi connectivity index (χ2v) is 4.53. The smallest absolute Gasteiger partial charge is 0.145 e. The molecule has 2 N–H and O–H groups in total. The fourth-order valence-electron chi connectivity index (χ4n) is 1.74. The lowest BCUT2D eigenvalue weighted by Crippen LogP contribution is -2.44. The van der Waals surface area contributed by atoms with Gasteiger partial charge in [0.2, 0.25) is 0 Å². The molecule has 1 aliphatic rings. The zero-order valence-corrected chi connectivity index (χ0v) is 9.07. The minimum atomic E-state index is -0.589. The Balaban J connectivity index is 2.49. The van der Waals surface area contributed by atoms with Gasteiger partial charge in [-0.15, -0.1) is 0 Å². The van der Waals surface area contributed by atoms with Gasteiger partial charge in [0.15, 0.2) is 0 Å². The predicted octanol–water partition coefficient (Wildman–Crippen LogP) is 3.07. The van der Waals surface area contributed by atoms with Crippen LogP contribution in [-0.4, -0.2) is 0 Å². The minimum absolute atomic E-state index is 0.119. The van der Waals surface area contributed by atoms with E-state index in [2.05, 4.69) is 15.9 Å². The monoisotopic (exact) mass is 261 g/mol. The second kappa shape index (κ2) is 3.28. The Morgan fingerprint density at radius 3 is 2.43 bits per heavy atom. The number of hydrogen-bond donors (Lipinski definition) is 1. The lowest BCUT2D eigenvalue weighted by Gasteiger charge is -2.38. The lowest BCUT2D eigenvalue weighted by molar-refractivity contribution is 0.244. The van der Waals surface area contributed by atoms with E-state index in [1.807, 2.05) is 0 Å². The van der Waals surface area contributed by atoms with Gasteiger partial charge in [-0.25, -0.2) is 8.78 Å². The van der Waals surface area contributed by atoms with Gasteiger partial charge in [0.05, 0.1) is 4.47 Å². The largest absolute Gasteiger partial charge is 0.321 e. The van der Waals surface area contributed by atoms with Crippen LogP contribution in [0.5, 0.6) is 0 Å². The van der Waals surface area contributed by atoms with Gasteiger partial charge in [-0.05, 0) is 41.3 Å². The Morgan fingerprint density at radius 1 is 1.29 bits per heavy atom. The molecule has 0 heterocycles. The Hall–Kier alpha value is -0.480. The standard InChI is InChI=1S/C10H10BrF2N/c11-8-7(12)3-2-6(9(8)13)10(14)4-1-5-10/h2-3H,1,4-5,14H2. The molecule has 0 aromatic heterocycles. The van der Waals surface area contributed by atoms with Crippen molar-refractivity contribution >= 4 is 15.9 Å². The van der Waals surface area contributed by atoms with Crippen LogP contribution in [0.2, 0.25) is 0 Å². The molecule has 1 aromatic carbocycles. The summed E-state index contributed by atoms with van der Waals surface area (Å²) in [5.74, 6) is -1.15. The predicted molar refractivity (Wildman–Crippen MR) is 53.8 cm³/mol. The molecule has 0 saturated heterocycles. The van der Waals surface area contributed by atoms with E-state index >= 15 is 0 Å². The summed E-state index contributed by atoms with van der Waals surface area (Å²) in [4.78, 5) is 0. The fraction of sp³-hybridized carbons (Fsp3) is 0.400. The first-order valence-corrected chi connectivity index (χ1v) is 5.27. The van der Waals surface area contributed by atoms with Crippen LogP contribution in [0, 0.1) is 11.6 Å². The average Bonchev–Trinajstić information content (AvgIpc) is 2.11. The van der Waals surface area contributed by atoms with E-state index in [1.165, 1.54) is 12.1 Å². The molecule has 0 radical (unpaired) electrons. The maximum atomic E-state index is 13.6. The molecule has 1 fully saturated rings. The van der Waals surface area contributed by atoms with Crippen molar-refractivity contribution in [3.05, 3.63) is 33.8 Å². The molecular formula is C10H10BrF2N. The van der Waals surface area contributed by atoms with Crippen molar-refractivity contribution in [2.45, 2.75) is 24.8 Å². The third kappa shape index (κ3) is 1.37. The molecule has 0 aliphatic heterocycles. The topological polar surface area (TPSA) is 26.0 Å². The van der Waals surface area contributed by atoms with E-state index < -0.39 is 17.2 Å². The average molecular weight is 262 g/mol. The molecule has 0 amide bonds. The van der Waals surface area contributed by atoms with Crippen LogP contribution >= 0.6 is 15.9 Å². The molecule has 0 unspecified atom stereocenters. The van der Waals surface area contributed by atoms with E-state index in [9.17, 15) is 8.78 Å². The van der Waals surface area contributed by atoms with Gasteiger partial charge in [-0.1, -0.05) is 6.07 Å². The van der Waals surface area contributed by atoms with Crippen molar-refractivity contribution in [1.29, 1.82) is 0 Å². The van der Waals surface area contributed by atoms with Gasteiger partial charge in [-0.3, -0.25) is 0 Å². The van der Waals surface area contributed by atoms with E-state index in [-0.39, 0.29) is 4.47 Å². The zero-order chi connectivity index (χ0) is 10.3. The van der Waals surface area contributed by atoms with Crippen LogP contribution in [0.3, 0.4) is 0 Å². The first kappa shape index (κ1) is 10.1. The van der Waals surface area contributed by atoms with Gasteiger partial charge in [0.1, 0.15) is 11.6 Å². The molecule has 76 valence electrons. The molecule has 4 heteroatoms. The summed E-state index contributed by atoms with van der Waals surface area (Å²) in [6, 6.07) is 2.68. The highest BCUT2D eigenvalue weighted by Gasteiger charge is 2.37. The van der Waals surface area contributed by atoms with E-state index in [4.69, 9.17) is 5.73 Å². The molecule has 1 nitrogen and oxygen atoms in total. The zero-order valence-electron chi connectivity index (χ0n) is 7.49. The maximum absolute atomic E-state index is 13.6. The van der Waals surface area contributed by atoms with Crippen molar-refractivity contribution in [3.63, 3.8) is 0 Å². The quantitative estimate of drug-likeness (QED) is 0.773. The van der Waals surface area contributed by atoms with Crippen molar-refractivity contribution in [1.82, 2.24) is 0 Å². The van der Waals surface area contributed by atoms with E-state index in [0.717, 1.165) is 19.3 Å². The fourth-order valence-corrected chi connectivity index (χ4v) is 2.08. The maximum Gasteiger partial charge on any atom is 0.145 e.